The van der Waals surface area contributed by atoms with Gasteiger partial charge in [0.05, 0.1) is 19.3 Å². The van der Waals surface area contributed by atoms with E-state index in [4.69, 9.17) is 0 Å². The first-order valence-corrected chi connectivity index (χ1v) is 7.27. The SMILES string of the molecule is O=C(Cc1ccccc1)[C@H]1CCCN(C(CO)CO)C1. The summed E-state index contributed by atoms with van der Waals surface area (Å²) < 4.78 is 0. The molecular weight excluding hydrogens is 254 g/mol. The Balaban J connectivity index is 1.93. The van der Waals surface area contributed by atoms with Gasteiger partial charge in [0.1, 0.15) is 5.78 Å². The van der Waals surface area contributed by atoms with Gasteiger partial charge in [0, 0.05) is 18.9 Å². The van der Waals surface area contributed by atoms with Gasteiger partial charge >= 0.3 is 0 Å². The minimum Gasteiger partial charge on any atom is -0.395 e. The Morgan fingerprint density at radius 2 is 1.95 bits per heavy atom. The summed E-state index contributed by atoms with van der Waals surface area (Å²) >= 11 is 0. The first-order chi connectivity index (χ1) is 9.74. The van der Waals surface area contributed by atoms with Crippen molar-refractivity contribution in [3.05, 3.63) is 35.9 Å². The third kappa shape index (κ3) is 3.88. The second-order valence-electron chi connectivity index (χ2n) is 5.48. The average Bonchev–Trinajstić information content (AvgIpc) is 2.50. The van der Waals surface area contributed by atoms with Crippen LogP contribution in [0.15, 0.2) is 30.3 Å². The lowest BCUT2D eigenvalue weighted by atomic mass is 9.90. The van der Waals surface area contributed by atoms with Gasteiger partial charge in [-0.15, -0.1) is 0 Å². The number of rotatable bonds is 6. The highest BCUT2D eigenvalue weighted by molar-refractivity contribution is 5.83. The molecule has 0 radical (unpaired) electrons. The fourth-order valence-electron chi connectivity index (χ4n) is 2.83. The number of carbonyl (C=O) groups excluding carboxylic acids is 1. The first kappa shape index (κ1) is 15.2. The summed E-state index contributed by atoms with van der Waals surface area (Å²) in [5, 5.41) is 18.5. The predicted molar refractivity (Wildman–Crippen MR) is 77.4 cm³/mol. The number of benzene rings is 1. The van der Waals surface area contributed by atoms with Gasteiger partial charge in [-0.2, -0.15) is 0 Å². The molecule has 0 aliphatic carbocycles. The minimum absolute atomic E-state index is 0.0181. The van der Waals surface area contributed by atoms with Crippen molar-refractivity contribution in [3.8, 4) is 0 Å². The maximum atomic E-state index is 12.4. The number of carbonyl (C=O) groups is 1. The first-order valence-electron chi connectivity index (χ1n) is 7.27. The van der Waals surface area contributed by atoms with Crippen LogP contribution in [-0.2, 0) is 11.2 Å². The Bertz CT molecular complexity index is 417. The van der Waals surface area contributed by atoms with E-state index < -0.39 is 0 Å². The Kier molecular flexibility index (Phi) is 5.71. The third-order valence-corrected chi connectivity index (χ3v) is 4.07. The Labute approximate surface area is 120 Å². The molecule has 1 aliphatic rings. The highest BCUT2D eigenvalue weighted by atomic mass is 16.3. The molecule has 20 heavy (non-hydrogen) atoms. The molecule has 1 atom stereocenters. The van der Waals surface area contributed by atoms with Crippen molar-refractivity contribution in [2.24, 2.45) is 5.92 Å². The van der Waals surface area contributed by atoms with Crippen molar-refractivity contribution in [2.45, 2.75) is 25.3 Å². The molecule has 110 valence electrons. The lowest BCUT2D eigenvalue weighted by molar-refractivity contribution is -0.124. The monoisotopic (exact) mass is 277 g/mol. The smallest absolute Gasteiger partial charge is 0.141 e. The van der Waals surface area contributed by atoms with E-state index in [1.165, 1.54) is 0 Å². The van der Waals surface area contributed by atoms with E-state index in [2.05, 4.69) is 0 Å². The van der Waals surface area contributed by atoms with E-state index in [9.17, 15) is 15.0 Å². The fourth-order valence-corrected chi connectivity index (χ4v) is 2.83. The van der Waals surface area contributed by atoms with Crippen LogP contribution in [0.25, 0.3) is 0 Å². The lowest BCUT2D eigenvalue weighted by Crippen LogP contribution is -2.48. The highest BCUT2D eigenvalue weighted by Gasteiger charge is 2.28. The van der Waals surface area contributed by atoms with Gasteiger partial charge in [0.2, 0.25) is 0 Å². The lowest BCUT2D eigenvalue weighted by Gasteiger charge is -2.36. The summed E-state index contributed by atoms with van der Waals surface area (Å²) in [6.07, 6.45) is 2.33. The van der Waals surface area contributed by atoms with E-state index in [0.717, 1.165) is 24.9 Å². The second kappa shape index (κ2) is 7.53. The Hall–Kier alpha value is -1.23. The highest BCUT2D eigenvalue weighted by Crippen LogP contribution is 2.20. The van der Waals surface area contributed by atoms with Gasteiger partial charge in [0.25, 0.3) is 0 Å². The number of hydrogen-bond acceptors (Lipinski definition) is 4. The quantitative estimate of drug-likeness (QED) is 0.810. The molecule has 1 heterocycles. The number of aliphatic hydroxyl groups is 2. The standard InChI is InChI=1S/C16H23NO3/c18-11-15(12-19)17-8-4-7-14(10-17)16(20)9-13-5-2-1-3-6-13/h1-3,5-6,14-15,18-19H,4,7-12H2/t14-/m0/s1. The molecular formula is C16H23NO3. The Morgan fingerprint density at radius 1 is 1.25 bits per heavy atom. The molecule has 1 aromatic rings. The fraction of sp³-hybridized carbons (Fsp3) is 0.562. The number of aliphatic hydroxyl groups excluding tert-OH is 2. The van der Waals surface area contributed by atoms with Gasteiger partial charge in [-0.25, -0.2) is 0 Å². The van der Waals surface area contributed by atoms with Gasteiger partial charge < -0.3 is 10.2 Å². The van der Waals surface area contributed by atoms with Gasteiger partial charge in [-0.3, -0.25) is 9.69 Å². The zero-order chi connectivity index (χ0) is 14.4. The molecule has 1 aliphatic heterocycles. The van der Waals surface area contributed by atoms with Crippen molar-refractivity contribution in [3.63, 3.8) is 0 Å². The van der Waals surface area contributed by atoms with E-state index in [1.54, 1.807) is 0 Å². The number of hydrogen-bond donors (Lipinski definition) is 2. The molecule has 0 unspecified atom stereocenters. The van der Waals surface area contributed by atoms with Crippen LogP contribution in [0.2, 0.25) is 0 Å². The third-order valence-electron chi connectivity index (χ3n) is 4.07. The molecule has 0 amide bonds. The molecule has 2 rings (SSSR count). The second-order valence-corrected chi connectivity index (χ2v) is 5.48. The minimum atomic E-state index is -0.234. The summed E-state index contributed by atoms with van der Waals surface area (Å²) in [6, 6.07) is 9.56. The predicted octanol–water partition coefficient (Wildman–Crippen LogP) is 0.863. The van der Waals surface area contributed by atoms with E-state index in [-0.39, 0.29) is 31.0 Å². The topological polar surface area (TPSA) is 60.8 Å². The molecule has 1 saturated heterocycles. The van der Waals surface area contributed by atoms with E-state index >= 15 is 0 Å². The van der Waals surface area contributed by atoms with Gasteiger partial charge in [0.15, 0.2) is 0 Å². The summed E-state index contributed by atoms with van der Waals surface area (Å²) in [5.41, 5.74) is 1.05. The summed E-state index contributed by atoms with van der Waals surface area (Å²) in [4.78, 5) is 14.4. The summed E-state index contributed by atoms with van der Waals surface area (Å²) in [6.45, 7) is 1.38. The zero-order valence-electron chi connectivity index (χ0n) is 11.7. The molecule has 0 aromatic heterocycles. The molecule has 0 bridgehead atoms. The average molecular weight is 277 g/mol. The van der Waals surface area contributed by atoms with Crippen LogP contribution in [0.1, 0.15) is 18.4 Å². The van der Waals surface area contributed by atoms with E-state index in [1.807, 2.05) is 35.2 Å². The molecule has 0 saturated carbocycles. The van der Waals surface area contributed by atoms with Crippen molar-refractivity contribution >= 4 is 5.78 Å². The number of likely N-dealkylation sites (tertiary alicyclic amines) is 1. The molecule has 4 nitrogen and oxygen atoms in total. The van der Waals surface area contributed by atoms with Crippen molar-refractivity contribution < 1.29 is 15.0 Å². The van der Waals surface area contributed by atoms with Crippen LogP contribution in [0.5, 0.6) is 0 Å². The van der Waals surface area contributed by atoms with Crippen molar-refractivity contribution in [1.82, 2.24) is 4.90 Å². The van der Waals surface area contributed by atoms with Gasteiger partial charge in [-0.1, -0.05) is 30.3 Å². The largest absolute Gasteiger partial charge is 0.395 e. The molecule has 2 N–H and O–H groups in total. The van der Waals surface area contributed by atoms with Crippen LogP contribution in [0.4, 0.5) is 0 Å². The van der Waals surface area contributed by atoms with Gasteiger partial charge in [-0.05, 0) is 24.9 Å². The maximum absolute atomic E-state index is 12.4. The van der Waals surface area contributed by atoms with Crippen LogP contribution in [0.3, 0.4) is 0 Å². The van der Waals surface area contributed by atoms with Crippen LogP contribution < -0.4 is 0 Å². The zero-order valence-corrected chi connectivity index (χ0v) is 11.7. The van der Waals surface area contributed by atoms with Crippen molar-refractivity contribution in [1.29, 1.82) is 0 Å². The van der Waals surface area contributed by atoms with Crippen molar-refractivity contribution in [2.75, 3.05) is 26.3 Å². The summed E-state index contributed by atoms with van der Waals surface area (Å²) in [7, 11) is 0. The number of Topliss-reactive ketones (excluding diaryl/α,β-unsaturated/α-hetero) is 1. The number of ketones is 1. The number of nitrogens with zero attached hydrogens (tertiary/aromatic N) is 1. The maximum Gasteiger partial charge on any atom is 0.141 e. The van der Waals surface area contributed by atoms with Crippen LogP contribution >= 0.6 is 0 Å². The Morgan fingerprint density at radius 3 is 2.60 bits per heavy atom. The molecule has 4 heteroatoms. The van der Waals surface area contributed by atoms with Crippen LogP contribution in [0, 0.1) is 5.92 Å². The molecule has 1 fully saturated rings. The molecule has 0 spiro atoms. The number of piperidine rings is 1. The van der Waals surface area contributed by atoms with Crippen LogP contribution in [-0.4, -0.2) is 53.2 Å². The summed E-state index contributed by atoms with van der Waals surface area (Å²) in [5.74, 6) is 0.278. The van der Waals surface area contributed by atoms with E-state index in [0.29, 0.717) is 13.0 Å². The molecule has 1 aromatic carbocycles. The normalized spacial score (nSPS) is 20.2.